The molecule has 0 radical (unpaired) electrons. The molecule has 1 unspecified atom stereocenters. The lowest BCUT2D eigenvalue weighted by Gasteiger charge is -2.17. The van der Waals surface area contributed by atoms with Crippen molar-refractivity contribution in [2.75, 3.05) is 0 Å². The Hall–Kier alpha value is -1.13. The summed E-state index contributed by atoms with van der Waals surface area (Å²) in [5.41, 5.74) is 10.1. The Morgan fingerprint density at radius 2 is 1.90 bits per heavy atom. The highest BCUT2D eigenvalue weighted by Crippen LogP contribution is 2.27. The van der Waals surface area contributed by atoms with E-state index in [0.717, 1.165) is 23.0 Å². The van der Waals surface area contributed by atoms with Gasteiger partial charge in [-0.1, -0.05) is 29.8 Å². The van der Waals surface area contributed by atoms with Gasteiger partial charge in [-0.15, -0.1) is 0 Å². The predicted octanol–water partition coefficient (Wildman–Crippen LogP) is 4.17. The molecule has 0 spiro atoms. The van der Waals surface area contributed by atoms with Gasteiger partial charge in [0.15, 0.2) is 0 Å². The minimum Gasteiger partial charge on any atom is -0.323 e. The lowest BCUT2D eigenvalue weighted by Crippen LogP contribution is -2.18. The summed E-state index contributed by atoms with van der Waals surface area (Å²) < 4.78 is 3.01. The first-order valence-electron chi connectivity index (χ1n) is 7.03. The van der Waals surface area contributed by atoms with Crippen LogP contribution < -0.4 is 5.73 Å². The lowest BCUT2D eigenvalue weighted by atomic mass is 10.0. The Balaban J connectivity index is 2.07. The summed E-state index contributed by atoms with van der Waals surface area (Å²) in [5, 5.41) is 4.39. The molecular formula is C16H22BrN3. The zero-order valence-electron chi connectivity index (χ0n) is 12.3. The normalized spacial score (nSPS) is 12.9. The van der Waals surface area contributed by atoms with Crippen LogP contribution in [0.5, 0.6) is 0 Å². The Morgan fingerprint density at radius 1 is 1.25 bits per heavy atom. The molecule has 2 rings (SSSR count). The van der Waals surface area contributed by atoms with E-state index >= 15 is 0 Å². The molecule has 1 aromatic heterocycles. The van der Waals surface area contributed by atoms with Crippen LogP contribution in [0.15, 0.2) is 34.9 Å². The Kier molecular flexibility index (Phi) is 5.00. The summed E-state index contributed by atoms with van der Waals surface area (Å²) in [5.74, 6) is 0. The van der Waals surface area contributed by atoms with Crippen molar-refractivity contribution >= 4 is 15.9 Å². The van der Waals surface area contributed by atoms with Crippen molar-refractivity contribution in [1.29, 1.82) is 0 Å². The highest BCUT2D eigenvalue weighted by molar-refractivity contribution is 9.10. The third-order valence-corrected chi connectivity index (χ3v) is 4.10. The quantitative estimate of drug-likeness (QED) is 0.891. The molecule has 1 atom stereocenters. The molecule has 2 N–H and O–H groups in total. The van der Waals surface area contributed by atoms with E-state index in [2.05, 4.69) is 66.1 Å². The molecule has 0 aliphatic heterocycles. The standard InChI is InChI=1S/C16H22BrN3/c1-11(2)20-16(14(17)10-19-20)15(18)9-8-13-6-4-12(3)5-7-13/h4-7,10-11,15H,8-9,18H2,1-3H3. The molecule has 0 amide bonds. The molecule has 2 aromatic rings. The highest BCUT2D eigenvalue weighted by Gasteiger charge is 2.18. The van der Waals surface area contributed by atoms with Gasteiger partial charge >= 0.3 is 0 Å². The van der Waals surface area contributed by atoms with Crippen LogP contribution >= 0.6 is 15.9 Å². The highest BCUT2D eigenvalue weighted by atomic mass is 79.9. The van der Waals surface area contributed by atoms with Gasteiger partial charge in [-0.25, -0.2) is 0 Å². The zero-order valence-corrected chi connectivity index (χ0v) is 13.9. The first-order valence-corrected chi connectivity index (χ1v) is 7.82. The molecule has 0 aliphatic carbocycles. The third kappa shape index (κ3) is 3.49. The SMILES string of the molecule is Cc1ccc(CCC(N)c2c(Br)cnn2C(C)C)cc1. The lowest BCUT2D eigenvalue weighted by molar-refractivity contribution is 0.476. The van der Waals surface area contributed by atoms with E-state index in [1.165, 1.54) is 11.1 Å². The monoisotopic (exact) mass is 335 g/mol. The average Bonchev–Trinajstić information content (AvgIpc) is 2.80. The van der Waals surface area contributed by atoms with Gasteiger partial charge in [-0.3, -0.25) is 4.68 Å². The largest absolute Gasteiger partial charge is 0.323 e. The number of aryl methyl sites for hydroxylation is 2. The van der Waals surface area contributed by atoms with Crippen molar-refractivity contribution in [1.82, 2.24) is 9.78 Å². The van der Waals surface area contributed by atoms with Gasteiger partial charge in [0.2, 0.25) is 0 Å². The minimum absolute atomic E-state index is 0.00409. The Labute approximate surface area is 129 Å². The topological polar surface area (TPSA) is 43.8 Å². The van der Waals surface area contributed by atoms with Gasteiger partial charge in [0.1, 0.15) is 0 Å². The fourth-order valence-electron chi connectivity index (χ4n) is 2.32. The van der Waals surface area contributed by atoms with Crippen LogP contribution in [-0.4, -0.2) is 9.78 Å². The number of nitrogens with zero attached hydrogens (tertiary/aromatic N) is 2. The second-order valence-electron chi connectivity index (χ2n) is 5.55. The smallest absolute Gasteiger partial charge is 0.0696 e. The number of halogens is 1. The first kappa shape index (κ1) is 15.3. The second-order valence-corrected chi connectivity index (χ2v) is 6.40. The first-order chi connectivity index (χ1) is 9.49. The molecular weight excluding hydrogens is 314 g/mol. The molecule has 108 valence electrons. The van der Waals surface area contributed by atoms with Crippen LogP contribution in [0.25, 0.3) is 0 Å². The van der Waals surface area contributed by atoms with Crippen molar-refractivity contribution in [3.63, 3.8) is 0 Å². The second kappa shape index (κ2) is 6.55. The fourth-order valence-corrected chi connectivity index (χ4v) is 2.89. The summed E-state index contributed by atoms with van der Waals surface area (Å²) in [6.07, 6.45) is 3.73. The van der Waals surface area contributed by atoms with Gasteiger partial charge < -0.3 is 5.73 Å². The van der Waals surface area contributed by atoms with Crippen LogP contribution in [0.2, 0.25) is 0 Å². The van der Waals surface area contributed by atoms with E-state index in [4.69, 9.17) is 5.73 Å². The zero-order chi connectivity index (χ0) is 14.7. The molecule has 0 aliphatic rings. The van der Waals surface area contributed by atoms with Crippen molar-refractivity contribution in [2.45, 2.75) is 45.7 Å². The predicted molar refractivity (Wildman–Crippen MR) is 86.7 cm³/mol. The van der Waals surface area contributed by atoms with E-state index in [1.807, 2.05) is 10.9 Å². The maximum atomic E-state index is 6.37. The molecule has 1 aromatic carbocycles. The fraction of sp³-hybridized carbons (Fsp3) is 0.438. The van der Waals surface area contributed by atoms with E-state index in [1.54, 1.807) is 0 Å². The van der Waals surface area contributed by atoms with Crippen molar-refractivity contribution < 1.29 is 0 Å². The maximum absolute atomic E-state index is 6.37. The van der Waals surface area contributed by atoms with Gasteiger partial charge in [0.25, 0.3) is 0 Å². The summed E-state index contributed by atoms with van der Waals surface area (Å²) in [4.78, 5) is 0. The number of aromatic nitrogens is 2. The number of hydrogen-bond donors (Lipinski definition) is 1. The minimum atomic E-state index is -0.00409. The molecule has 3 nitrogen and oxygen atoms in total. The van der Waals surface area contributed by atoms with Crippen molar-refractivity contribution in [3.8, 4) is 0 Å². The van der Waals surface area contributed by atoms with Crippen LogP contribution in [0.1, 0.15) is 49.2 Å². The van der Waals surface area contributed by atoms with E-state index in [-0.39, 0.29) is 6.04 Å². The molecule has 20 heavy (non-hydrogen) atoms. The van der Waals surface area contributed by atoms with Gasteiger partial charge in [-0.2, -0.15) is 5.10 Å². The average molecular weight is 336 g/mol. The molecule has 0 bridgehead atoms. The molecule has 0 saturated heterocycles. The maximum Gasteiger partial charge on any atom is 0.0696 e. The number of benzene rings is 1. The molecule has 4 heteroatoms. The van der Waals surface area contributed by atoms with E-state index in [0.29, 0.717) is 6.04 Å². The molecule has 0 fully saturated rings. The van der Waals surface area contributed by atoms with Crippen molar-refractivity contribution in [2.24, 2.45) is 5.73 Å². The van der Waals surface area contributed by atoms with Gasteiger partial charge in [0.05, 0.1) is 16.4 Å². The third-order valence-electron chi connectivity index (χ3n) is 3.49. The summed E-state index contributed by atoms with van der Waals surface area (Å²) in [7, 11) is 0. The van der Waals surface area contributed by atoms with Crippen LogP contribution in [-0.2, 0) is 6.42 Å². The van der Waals surface area contributed by atoms with Crippen LogP contribution in [0.3, 0.4) is 0 Å². The van der Waals surface area contributed by atoms with Gasteiger partial charge in [0, 0.05) is 12.1 Å². The number of rotatable bonds is 5. The number of nitrogens with two attached hydrogens (primary N) is 1. The van der Waals surface area contributed by atoms with E-state index in [9.17, 15) is 0 Å². The Morgan fingerprint density at radius 3 is 2.50 bits per heavy atom. The van der Waals surface area contributed by atoms with E-state index < -0.39 is 0 Å². The summed E-state index contributed by atoms with van der Waals surface area (Å²) in [6.45, 7) is 6.35. The Bertz CT molecular complexity index is 558. The molecule has 0 saturated carbocycles. The van der Waals surface area contributed by atoms with Gasteiger partial charge in [-0.05, 0) is 55.1 Å². The molecule has 1 heterocycles. The summed E-state index contributed by atoms with van der Waals surface area (Å²) in [6, 6.07) is 8.97. The summed E-state index contributed by atoms with van der Waals surface area (Å²) >= 11 is 3.56. The van der Waals surface area contributed by atoms with Crippen LogP contribution in [0.4, 0.5) is 0 Å². The number of hydrogen-bond acceptors (Lipinski definition) is 2. The van der Waals surface area contributed by atoms with Crippen LogP contribution in [0, 0.1) is 6.92 Å². The van der Waals surface area contributed by atoms with Crippen molar-refractivity contribution in [3.05, 3.63) is 51.8 Å².